The van der Waals surface area contributed by atoms with Gasteiger partial charge in [0.1, 0.15) is 0 Å². The van der Waals surface area contributed by atoms with Crippen molar-refractivity contribution >= 4 is 66.4 Å². The average molecular weight is 851 g/mol. The fourth-order valence-electron chi connectivity index (χ4n) is 11.2. The third-order valence-corrected chi connectivity index (χ3v) is 14.0. The quantitative estimate of drug-likeness (QED) is 0.167. The number of benzene rings is 11. The van der Waals surface area contributed by atoms with Crippen LogP contribution in [0.2, 0.25) is 0 Å². The maximum Gasteiger partial charge on any atom is 0.0992 e. The summed E-state index contributed by atoms with van der Waals surface area (Å²) < 4.78 is 0. The van der Waals surface area contributed by atoms with Crippen molar-refractivity contribution in [3.63, 3.8) is 0 Å². The number of anilines is 6. The normalized spacial score (nSPS) is 12.6. The number of rotatable bonds is 6. The number of fused-ring (bicyclic) bond motifs is 11. The molecule has 2 aliphatic carbocycles. The van der Waals surface area contributed by atoms with Crippen molar-refractivity contribution in [3.8, 4) is 34.4 Å². The van der Waals surface area contributed by atoms with E-state index in [1.807, 2.05) is 36.4 Å². The highest BCUT2D eigenvalue weighted by atomic mass is 15.1. The van der Waals surface area contributed by atoms with E-state index < -0.39 is 5.41 Å². The maximum absolute atomic E-state index is 10.1. The van der Waals surface area contributed by atoms with Crippen molar-refractivity contribution in [2.75, 3.05) is 9.80 Å². The van der Waals surface area contributed by atoms with Crippen LogP contribution in [0, 0.1) is 22.7 Å². The molecule has 0 saturated heterocycles. The molecule has 0 saturated carbocycles. The summed E-state index contributed by atoms with van der Waals surface area (Å²) in [5.41, 5.74) is 16.1. The molecule has 4 heteroatoms. The van der Waals surface area contributed by atoms with Crippen molar-refractivity contribution < 1.29 is 0 Å². The van der Waals surface area contributed by atoms with Gasteiger partial charge in [-0.2, -0.15) is 10.5 Å². The Bertz CT molecular complexity index is 3900. The highest BCUT2D eigenvalue weighted by Crippen LogP contribution is 2.63. The summed E-state index contributed by atoms with van der Waals surface area (Å²) in [5, 5.41) is 27.2. The zero-order valence-electron chi connectivity index (χ0n) is 36.2. The molecule has 11 aromatic carbocycles. The molecule has 4 nitrogen and oxygen atoms in total. The molecule has 11 aromatic rings. The summed E-state index contributed by atoms with van der Waals surface area (Å²) >= 11 is 0. The summed E-state index contributed by atoms with van der Waals surface area (Å²) in [5.74, 6) is 0. The fourth-order valence-corrected chi connectivity index (χ4v) is 11.2. The molecular weight excluding hydrogens is 813 g/mol. The van der Waals surface area contributed by atoms with Crippen LogP contribution >= 0.6 is 0 Å². The average Bonchev–Trinajstić information content (AvgIpc) is 3.69. The Balaban J connectivity index is 1.12. The second-order valence-corrected chi connectivity index (χ2v) is 17.5. The molecule has 0 aromatic heterocycles. The molecular formula is C63H38N4. The lowest BCUT2D eigenvalue weighted by molar-refractivity contribution is 0.773. The van der Waals surface area contributed by atoms with Gasteiger partial charge in [0.05, 0.1) is 34.4 Å². The summed E-state index contributed by atoms with van der Waals surface area (Å²) in [7, 11) is 0. The SMILES string of the molecule is N#Cc1cccc(N(c2ccc3c(c2)C2(c4ccccc4-c4ccccc42)c2cccc4c(N(c5cccc(C#N)c5)c5ccc6ccccc6c5)ccc-3c24)c2ccc3ccccc3c2)c1. The lowest BCUT2D eigenvalue weighted by atomic mass is 9.61. The Morgan fingerprint density at radius 3 is 1.40 bits per heavy atom. The van der Waals surface area contributed by atoms with E-state index in [2.05, 4.69) is 216 Å². The Labute approximate surface area is 388 Å². The lowest BCUT2D eigenvalue weighted by Gasteiger charge is -2.41. The van der Waals surface area contributed by atoms with E-state index in [1.54, 1.807) is 0 Å². The number of hydrogen-bond acceptors (Lipinski definition) is 4. The van der Waals surface area contributed by atoms with Crippen molar-refractivity contribution in [2.24, 2.45) is 0 Å². The van der Waals surface area contributed by atoms with Gasteiger partial charge < -0.3 is 9.80 Å². The van der Waals surface area contributed by atoms with Gasteiger partial charge in [-0.1, -0.05) is 152 Å². The molecule has 0 N–H and O–H groups in total. The zero-order valence-corrected chi connectivity index (χ0v) is 36.2. The van der Waals surface area contributed by atoms with Crippen LogP contribution in [0.25, 0.3) is 54.6 Å². The van der Waals surface area contributed by atoms with Crippen molar-refractivity contribution in [1.82, 2.24) is 0 Å². The summed E-state index contributed by atoms with van der Waals surface area (Å²) in [6, 6.07) is 87.0. The zero-order chi connectivity index (χ0) is 44.6. The second-order valence-electron chi connectivity index (χ2n) is 17.5. The molecule has 0 amide bonds. The number of hydrogen-bond donors (Lipinski definition) is 0. The molecule has 0 unspecified atom stereocenters. The van der Waals surface area contributed by atoms with E-state index in [0.717, 1.165) is 55.8 Å². The molecule has 2 aliphatic rings. The van der Waals surface area contributed by atoms with Crippen LogP contribution in [0.1, 0.15) is 33.4 Å². The smallest absolute Gasteiger partial charge is 0.0992 e. The van der Waals surface area contributed by atoms with Crippen LogP contribution in [0.4, 0.5) is 34.1 Å². The lowest BCUT2D eigenvalue weighted by Crippen LogP contribution is -2.32. The molecule has 0 atom stereocenters. The van der Waals surface area contributed by atoms with Gasteiger partial charge in [-0.15, -0.1) is 0 Å². The van der Waals surface area contributed by atoms with Gasteiger partial charge in [-0.3, -0.25) is 0 Å². The predicted molar refractivity (Wildman–Crippen MR) is 274 cm³/mol. The predicted octanol–water partition coefficient (Wildman–Crippen LogP) is 16.2. The minimum Gasteiger partial charge on any atom is -0.310 e. The van der Waals surface area contributed by atoms with Gasteiger partial charge in [-0.05, 0) is 150 Å². The van der Waals surface area contributed by atoms with Gasteiger partial charge in [0.2, 0.25) is 0 Å². The third kappa shape index (κ3) is 5.71. The van der Waals surface area contributed by atoms with E-state index in [4.69, 9.17) is 0 Å². The van der Waals surface area contributed by atoms with Crippen molar-refractivity contribution in [3.05, 3.63) is 264 Å². The van der Waals surface area contributed by atoms with E-state index in [1.165, 1.54) is 55.1 Å². The Morgan fingerprint density at radius 1 is 0.313 bits per heavy atom. The van der Waals surface area contributed by atoms with Gasteiger partial charge >= 0.3 is 0 Å². The summed E-state index contributed by atoms with van der Waals surface area (Å²) in [6.45, 7) is 0. The molecule has 67 heavy (non-hydrogen) atoms. The van der Waals surface area contributed by atoms with Crippen LogP contribution < -0.4 is 9.80 Å². The first-order valence-electron chi connectivity index (χ1n) is 22.6. The van der Waals surface area contributed by atoms with Gasteiger partial charge in [0.15, 0.2) is 0 Å². The molecule has 310 valence electrons. The summed E-state index contributed by atoms with van der Waals surface area (Å²) in [6.07, 6.45) is 0. The number of nitriles is 2. The minimum absolute atomic E-state index is 0.602. The van der Waals surface area contributed by atoms with E-state index >= 15 is 0 Å². The first kappa shape index (κ1) is 38.3. The third-order valence-electron chi connectivity index (χ3n) is 14.0. The first-order valence-corrected chi connectivity index (χ1v) is 22.6. The molecule has 1 spiro atoms. The van der Waals surface area contributed by atoms with Crippen molar-refractivity contribution in [1.29, 1.82) is 10.5 Å². The molecule has 13 rings (SSSR count). The first-order chi connectivity index (χ1) is 33.1. The van der Waals surface area contributed by atoms with Crippen LogP contribution in [-0.2, 0) is 5.41 Å². The van der Waals surface area contributed by atoms with Crippen LogP contribution in [0.5, 0.6) is 0 Å². The minimum atomic E-state index is -0.693. The molecule has 0 bridgehead atoms. The second kappa shape index (κ2) is 14.9. The van der Waals surface area contributed by atoms with Gasteiger partial charge in [-0.25, -0.2) is 0 Å². The maximum atomic E-state index is 10.1. The van der Waals surface area contributed by atoms with E-state index in [-0.39, 0.29) is 0 Å². The topological polar surface area (TPSA) is 54.1 Å². The molecule has 0 radical (unpaired) electrons. The largest absolute Gasteiger partial charge is 0.310 e. The summed E-state index contributed by atoms with van der Waals surface area (Å²) in [4.78, 5) is 4.61. The molecule has 0 fully saturated rings. The van der Waals surface area contributed by atoms with Crippen molar-refractivity contribution in [2.45, 2.75) is 5.41 Å². The van der Waals surface area contributed by atoms with E-state index in [0.29, 0.717) is 11.1 Å². The van der Waals surface area contributed by atoms with Gasteiger partial charge in [0, 0.05) is 33.8 Å². The van der Waals surface area contributed by atoms with Gasteiger partial charge in [0.25, 0.3) is 0 Å². The highest BCUT2D eigenvalue weighted by molar-refractivity contribution is 6.13. The molecule has 0 heterocycles. The fraction of sp³-hybridized carbons (Fsp3) is 0.0159. The monoisotopic (exact) mass is 850 g/mol. The van der Waals surface area contributed by atoms with E-state index in [9.17, 15) is 10.5 Å². The Hall–Kier alpha value is -9.22. The van der Waals surface area contributed by atoms with Crippen LogP contribution in [0.3, 0.4) is 0 Å². The highest BCUT2D eigenvalue weighted by Gasteiger charge is 2.50. The Kier molecular flexibility index (Phi) is 8.52. The molecule has 0 aliphatic heterocycles. The Morgan fingerprint density at radius 2 is 0.776 bits per heavy atom. The van der Waals surface area contributed by atoms with Crippen LogP contribution in [-0.4, -0.2) is 0 Å². The van der Waals surface area contributed by atoms with Crippen LogP contribution in [0.15, 0.2) is 231 Å². The number of nitrogens with zero attached hydrogens (tertiary/aromatic N) is 4. The standard InChI is InChI=1S/C63H38N4/c64-39-41-12-9-18-47(34-41)66(49-28-26-43-14-1-3-16-45(43)36-49)51-30-31-54-55-32-33-61(67(48-19-10-13-42(35-48)40-65)50-29-27-44-15-2-4-17-46(44)37-50)56-22-11-25-59(62(55)56)63(60(54)38-51)57-23-7-5-20-52(57)53-21-6-8-24-58(53)63/h1-38H.